The number of benzene rings is 2. The zero-order chi connectivity index (χ0) is 21.2. The molecule has 3 aliphatic heterocycles. The van der Waals surface area contributed by atoms with Crippen molar-refractivity contribution in [2.45, 2.75) is 18.0 Å². The van der Waals surface area contributed by atoms with Gasteiger partial charge in [0.15, 0.2) is 0 Å². The zero-order valence-corrected chi connectivity index (χ0v) is 16.4. The third-order valence-electron chi connectivity index (χ3n) is 6.30. The molecule has 2 aromatic carbocycles. The van der Waals surface area contributed by atoms with Crippen molar-refractivity contribution in [1.82, 2.24) is 0 Å². The van der Waals surface area contributed by atoms with Gasteiger partial charge in [0.05, 0.1) is 17.8 Å². The third-order valence-corrected chi connectivity index (χ3v) is 6.55. The number of nitrogens with two attached hydrogens (primary N) is 2. The molecule has 0 aromatic heterocycles. The zero-order valence-electron chi connectivity index (χ0n) is 15.7. The number of primary amides is 1. The second-order valence-electron chi connectivity index (χ2n) is 7.86. The van der Waals surface area contributed by atoms with Crippen LogP contribution < -0.4 is 21.3 Å². The van der Waals surface area contributed by atoms with Gasteiger partial charge in [0.2, 0.25) is 23.3 Å². The lowest BCUT2D eigenvalue weighted by Crippen LogP contribution is -2.99. The first-order chi connectivity index (χ1) is 14.3. The van der Waals surface area contributed by atoms with Gasteiger partial charge in [0, 0.05) is 10.6 Å². The van der Waals surface area contributed by atoms with Crippen molar-refractivity contribution in [3.8, 4) is 0 Å². The van der Waals surface area contributed by atoms with Crippen LogP contribution >= 0.6 is 11.6 Å². The summed E-state index contributed by atoms with van der Waals surface area (Å²) in [4.78, 5) is 53.0. The molecule has 2 saturated heterocycles. The minimum atomic E-state index is -1.32. The fourth-order valence-electron chi connectivity index (χ4n) is 5.18. The number of anilines is 2. The van der Waals surface area contributed by atoms with Gasteiger partial charge in [0.1, 0.15) is 17.9 Å². The van der Waals surface area contributed by atoms with Gasteiger partial charge in [-0.25, -0.2) is 4.90 Å². The average Bonchev–Trinajstić information content (AvgIpc) is 3.27. The van der Waals surface area contributed by atoms with Gasteiger partial charge in [-0.1, -0.05) is 29.8 Å². The number of hydrogen-bond donors (Lipinski definition) is 3. The number of carbonyl (C=O) groups excluding carboxylic acids is 4. The third kappa shape index (κ3) is 2.37. The number of nitrogens with zero attached hydrogens (tertiary/aromatic N) is 1. The molecule has 3 heterocycles. The molecular weight excluding hydrogens is 408 g/mol. The lowest BCUT2D eigenvalue weighted by molar-refractivity contribution is -0.732. The summed E-state index contributed by atoms with van der Waals surface area (Å²) in [5.41, 5.74) is 5.72. The second kappa shape index (κ2) is 6.38. The Morgan fingerprint density at radius 2 is 1.80 bits per heavy atom. The number of amides is 4. The van der Waals surface area contributed by atoms with Gasteiger partial charge in [-0.2, -0.15) is 0 Å². The molecular formula is C21H18ClN4O4+. The summed E-state index contributed by atoms with van der Waals surface area (Å²) in [7, 11) is 0. The molecule has 1 spiro atoms. The monoisotopic (exact) mass is 425 g/mol. The summed E-state index contributed by atoms with van der Waals surface area (Å²) >= 11 is 5.94. The van der Waals surface area contributed by atoms with E-state index in [1.165, 1.54) is 0 Å². The molecule has 0 unspecified atom stereocenters. The maximum Gasteiger partial charge on any atom is 0.291 e. The van der Waals surface area contributed by atoms with E-state index < -0.39 is 41.1 Å². The predicted molar refractivity (Wildman–Crippen MR) is 107 cm³/mol. The van der Waals surface area contributed by atoms with E-state index >= 15 is 0 Å². The van der Waals surface area contributed by atoms with Crippen LogP contribution in [-0.2, 0) is 24.7 Å². The topological polar surface area (TPSA) is 126 Å². The summed E-state index contributed by atoms with van der Waals surface area (Å²) < 4.78 is 0. The maximum absolute atomic E-state index is 13.6. The Labute approximate surface area is 176 Å². The molecule has 5 rings (SSSR count). The Morgan fingerprint density at radius 1 is 1.10 bits per heavy atom. The molecule has 9 heteroatoms. The molecule has 8 nitrogen and oxygen atoms in total. The van der Waals surface area contributed by atoms with Gasteiger partial charge in [-0.15, -0.1) is 0 Å². The van der Waals surface area contributed by atoms with Crippen molar-refractivity contribution >= 4 is 46.6 Å². The molecule has 0 saturated carbocycles. The molecule has 5 N–H and O–H groups in total. The molecule has 0 aliphatic carbocycles. The van der Waals surface area contributed by atoms with Gasteiger partial charge in [-0.05, 0) is 30.3 Å². The van der Waals surface area contributed by atoms with E-state index in [1.807, 2.05) is 0 Å². The van der Waals surface area contributed by atoms with Gasteiger partial charge >= 0.3 is 0 Å². The lowest BCUT2D eigenvalue weighted by atomic mass is 9.76. The largest absolute Gasteiger partial charge is 0.369 e. The van der Waals surface area contributed by atoms with Gasteiger partial charge < -0.3 is 16.4 Å². The molecule has 0 radical (unpaired) electrons. The van der Waals surface area contributed by atoms with Crippen molar-refractivity contribution in [3.63, 3.8) is 0 Å². The van der Waals surface area contributed by atoms with E-state index in [-0.39, 0.29) is 12.3 Å². The maximum atomic E-state index is 13.6. The van der Waals surface area contributed by atoms with Crippen molar-refractivity contribution < 1.29 is 24.5 Å². The normalized spacial score (nSPS) is 29.3. The molecule has 4 amide bonds. The van der Waals surface area contributed by atoms with Crippen LogP contribution in [0.1, 0.15) is 12.0 Å². The van der Waals surface area contributed by atoms with Crippen LogP contribution in [0.15, 0.2) is 48.5 Å². The summed E-state index contributed by atoms with van der Waals surface area (Å²) in [5.74, 6) is -3.67. The standard InChI is InChI=1S/C21H17ClN4O4/c22-10-5-7-11(8-6-10)26-18(28)16-14(9-15(23)27)25-21(17(16)19(26)29)12-3-1-2-4-13(12)24-20(21)30/h1-8,14,16-17,25H,9H2,(H2,23,27)(H,24,30)/p+1/t14-,16+,17-,21-/m0/s1. The molecule has 152 valence electrons. The van der Waals surface area contributed by atoms with E-state index in [4.69, 9.17) is 17.3 Å². The van der Waals surface area contributed by atoms with Crippen molar-refractivity contribution in [1.29, 1.82) is 0 Å². The highest BCUT2D eigenvalue weighted by Gasteiger charge is 2.74. The smallest absolute Gasteiger partial charge is 0.291 e. The number of quaternary nitrogens is 1. The quantitative estimate of drug-likeness (QED) is 0.603. The van der Waals surface area contributed by atoms with Crippen LogP contribution in [0.25, 0.3) is 0 Å². The highest BCUT2D eigenvalue weighted by Crippen LogP contribution is 2.50. The van der Waals surface area contributed by atoms with Crippen molar-refractivity contribution in [2.24, 2.45) is 17.6 Å². The highest BCUT2D eigenvalue weighted by molar-refractivity contribution is 6.31. The van der Waals surface area contributed by atoms with Crippen LogP contribution in [0, 0.1) is 11.8 Å². The molecule has 0 bridgehead atoms. The number of hydrogen-bond acceptors (Lipinski definition) is 4. The second-order valence-corrected chi connectivity index (χ2v) is 8.30. The number of nitrogens with one attached hydrogen (secondary N) is 1. The van der Waals surface area contributed by atoms with Crippen LogP contribution in [0.5, 0.6) is 0 Å². The molecule has 2 fully saturated rings. The molecule has 2 aromatic rings. The molecule has 3 aliphatic rings. The number of para-hydroxylation sites is 1. The Kier molecular flexibility index (Phi) is 4.00. The first-order valence-electron chi connectivity index (χ1n) is 9.53. The van der Waals surface area contributed by atoms with E-state index in [9.17, 15) is 19.2 Å². The van der Waals surface area contributed by atoms with E-state index in [0.29, 0.717) is 22.0 Å². The van der Waals surface area contributed by atoms with E-state index in [2.05, 4.69) is 5.32 Å². The predicted octanol–water partition coefficient (Wildman–Crippen LogP) is 0.114. The summed E-state index contributed by atoms with van der Waals surface area (Å²) in [5, 5.41) is 4.98. The number of carbonyl (C=O) groups is 4. The summed E-state index contributed by atoms with van der Waals surface area (Å²) in [6.45, 7) is 0. The minimum Gasteiger partial charge on any atom is -0.369 e. The lowest BCUT2D eigenvalue weighted by Gasteiger charge is -2.26. The van der Waals surface area contributed by atoms with E-state index in [1.54, 1.807) is 53.8 Å². The van der Waals surface area contributed by atoms with E-state index in [0.717, 1.165) is 4.90 Å². The Balaban J connectivity index is 1.67. The Hall–Kier alpha value is -3.23. The van der Waals surface area contributed by atoms with Crippen LogP contribution in [0.3, 0.4) is 0 Å². The van der Waals surface area contributed by atoms with Gasteiger partial charge in [-0.3, -0.25) is 19.2 Å². The number of halogens is 1. The van der Waals surface area contributed by atoms with Crippen LogP contribution in [-0.4, -0.2) is 29.7 Å². The van der Waals surface area contributed by atoms with Crippen molar-refractivity contribution in [3.05, 3.63) is 59.1 Å². The first-order valence-corrected chi connectivity index (χ1v) is 9.91. The molecule has 4 atom stereocenters. The van der Waals surface area contributed by atoms with Crippen LogP contribution in [0.2, 0.25) is 5.02 Å². The molecule has 30 heavy (non-hydrogen) atoms. The van der Waals surface area contributed by atoms with Crippen LogP contribution in [0.4, 0.5) is 11.4 Å². The van der Waals surface area contributed by atoms with Gasteiger partial charge in [0.25, 0.3) is 5.91 Å². The fourth-order valence-corrected chi connectivity index (χ4v) is 5.31. The summed E-state index contributed by atoms with van der Waals surface area (Å²) in [6, 6.07) is 12.8. The Morgan fingerprint density at radius 3 is 2.50 bits per heavy atom. The first kappa shape index (κ1) is 18.8. The number of rotatable bonds is 3. The number of fused-ring (bicyclic) bond motifs is 4. The highest BCUT2D eigenvalue weighted by atomic mass is 35.5. The number of imide groups is 1. The SMILES string of the molecule is NC(=O)C[C@@H]1[NH2+][C@]2(C(=O)Nc3ccccc32)[C@@H]2C(=O)N(c3ccc(Cl)cc3)C(=O)[C@H]12. The fraction of sp³-hybridized carbons (Fsp3) is 0.238. The average molecular weight is 426 g/mol. The minimum absolute atomic E-state index is 0.119. The Bertz CT molecular complexity index is 1120. The summed E-state index contributed by atoms with van der Waals surface area (Å²) in [6.07, 6.45) is -0.119. The van der Waals surface area contributed by atoms with Crippen molar-refractivity contribution in [2.75, 3.05) is 10.2 Å².